The molecule has 0 saturated carbocycles. The Kier molecular flexibility index (Phi) is 3.52. The van der Waals surface area contributed by atoms with E-state index in [4.69, 9.17) is 0 Å². The quantitative estimate of drug-likeness (QED) is 0.785. The number of benzene rings is 1. The van der Waals surface area contributed by atoms with Gasteiger partial charge in [-0.25, -0.2) is 4.39 Å². The molecule has 1 aromatic rings. The highest BCUT2D eigenvalue weighted by Crippen LogP contribution is 2.13. The summed E-state index contributed by atoms with van der Waals surface area (Å²) >= 11 is 0. The number of carbonyl (C=O) groups excluding carboxylic acids is 2. The third kappa shape index (κ3) is 3.12. The lowest BCUT2D eigenvalue weighted by Crippen LogP contribution is -2.29. The highest BCUT2D eigenvalue weighted by molar-refractivity contribution is 5.87. The van der Waals surface area contributed by atoms with Crippen molar-refractivity contribution in [3.05, 3.63) is 35.6 Å². The van der Waals surface area contributed by atoms with Crippen molar-refractivity contribution in [2.45, 2.75) is 25.8 Å². The Bertz CT molecular complexity index is 445. The number of nitrogens with zero attached hydrogens (tertiary/aromatic N) is 1. The summed E-state index contributed by atoms with van der Waals surface area (Å²) in [6.45, 7) is 0.818. The van der Waals surface area contributed by atoms with Gasteiger partial charge in [0.15, 0.2) is 0 Å². The molecule has 1 fully saturated rings. The molecule has 3 nitrogen and oxygen atoms in total. The van der Waals surface area contributed by atoms with Crippen molar-refractivity contribution in [2.75, 3.05) is 6.54 Å². The van der Waals surface area contributed by atoms with E-state index in [9.17, 15) is 14.0 Å². The van der Waals surface area contributed by atoms with Gasteiger partial charge < -0.3 is 4.90 Å². The molecule has 0 atom stereocenters. The molecule has 0 aliphatic carbocycles. The van der Waals surface area contributed by atoms with E-state index in [1.165, 1.54) is 12.1 Å². The van der Waals surface area contributed by atoms with Gasteiger partial charge in [-0.1, -0.05) is 12.1 Å². The second-order valence-corrected chi connectivity index (χ2v) is 4.23. The van der Waals surface area contributed by atoms with Crippen LogP contribution < -0.4 is 0 Å². The molecule has 0 N–H and O–H groups in total. The molecule has 0 aromatic heterocycles. The predicted molar refractivity (Wildman–Crippen MR) is 60.7 cm³/mol. The molecule has 1 aromatic carbocycles. The number of hydrogen-bond acceptors (Lipinski definition) is 2. The van der Waals surface area contributed by atoms with E-state index in [0.29, 0.717) is 25.9 Å². The largest absolute Gasteiger partial charge is 0.338 e. The van der Waals surface area contributed by atoms with Gasteiger partial charge in [0.25, 0.3) is 0 Å². The van der Waals surface area contributed by atoms with Crippen LogP contribution in [0, 0.1) is 5.82 Å². The fourth-order valence-corrected chi connectivity index (χ4v) is 1.94. The Hall–Kier alpha value is -1.71. The average Bonchev–Trinajstić information content (AvgIpc) is 2.45. The van der Waals surface area contributed by atoms with Crippen LogP contribution in [0.1, 0.15) is 24.8 Å². The number of Topliss-reactive ketones (excluding diaryl/α,β-unsaturated/α-hetero) is 1. The molecular weight excluding hydrogens is 221 g/mol. The molecule has 1 aliphatic heterocycles. The van der Waals surface area contributed by atoms with Gasteiger partial charge in [-0.2, -0.15) is 0 Å². The lowest BCUT2D eigenvalue weighted by atomic mass is 10.2. The number of rotatable bonds is 2. The topological polar surface area (TPSA) is 37.4 Å². The lowest BCUT2D eigenvalue weighted by Gasteiger charge is -2.20. The van der Waals surface area contributed by atoms with Gasteiger partial charge in [0.05, 0.1) is 0 Å². The van der Waals surface area contributed by atoms with Crippen LogP contribution >= 0.6 is 0 Å². The summed E-state index contributed by atoms with van der Waals surface area (Å²) in [5.74, 6) is -0.207. The van der Waals surface area contributed by atoms with Crippen molar-refractivity contribution in [3.63, 3.8) is 0 Å². The molecule has 0 unspecified atom stereocenters. The summed E-state index contributed by atoms with van der Waals surface area (Å²) in [6.07, 6.45) is 1.01. The Balaban J connectivity index is 2.07. The molecule has 0 bridgehead atoms. The SMILES string of the molecule is O=C1CCC(=O)N(Cc2cccc(F)c2)CC1. The molecule has 0 spiro atoms. The first-order chi connectivity index (χ1) is 8.15. The Labute approximate surface area is 99.2 Å². The first-order valence-electron chi connectivity index (χ1n) is 5.69. The van der Waals surface area contributed by atoms with Gasteiger partial charge in [0.1, 0.15) is 11.6 Å². The molecule has 2 rings (SSSR count). The summed E-state index contributed by atoms with van der Waals surface area (Å²) < 4.78 is 13.0. The smallest absolute Gasteiger partial charge is 0.223 e. The molecule has 1 aliphatic rings. The van der Waals surface area contributed by atoms with Gasteiger partial charge >= 0.3 is 0 Å². The van der Waals surface area contributed by atoms with Crippen LogP contribution in [0.15, 0.2) is 24.3 Å². The molecule has 1 heterocycles. The lowest BCUT2D eigenvalue weighted by molar-refractivity contribution is -0.131. The highest BCUT2D eigenvalue weighted by atomic mass is 19.1. The molecular formula is C13H14FNO2. The Morgan fingerprint density at radius 3 is 2.76 bits per heavy atom. The van der Waals surface area contributed by atoms with Crippen molar-refractivity contribution in [2.24, 2.45) is 0 Å². The third-order valence-electron chi connectivity index (χ3n) is 2.89. The summed E-state index contributed by atoms with van der Waals surface area (Å²) in [6, 6.07) is 6.19. The molecule has 90 valence electrons. The fourth-order valence-electron chi connectivity index (χ4n) is 1.94. The van der Waals surface area contributed by atoms with Crippen LogP contribution in [0.4, 0.5) is 4.39 Å². The van der Waals surface area contributed by atoms with E-state index in [2.05, 4.69) is 0 Å². The van der Waals surface area contributed by atoms with Crippen LogP contribution in [-0.4, -0.2) is 23.1 Å². The van der Waals surface area contributed by atoms with Crippen LogP contribution in [0.3, 0.4) is 0 Å². The van der Waals surface area contributed by atoms with Gasteiger partial charge in [-0.05, 0) is 17.7 Å². The minimum atomic E-state index is -0.305. The van der Waals surface area contributed by atoms with Crippen molar-refractivity contribution < 1.29 is 14.0 Å². The van der Waals surface area contributed by atoms with E-state index in [1.54, 1.807) is 17.0 Å². The summed E-state index contributed by atoms with van der Waals surface area (Å²) in [7, 11) is 0. The zero-order chi connectivity index (χ0) is 12.3. The van der Waals surface area contributed by atoms with Gasteiger partial charge in [-0.15, -0.1) is 0 Å². The van der Waals surface area contributed by atoms with Crippen LogP contribution in [-0.2, 0) is 16.1 Å². The third-order valence-corrected chi connectivity index (χ3v) is 2.89. The Morgan fingerprint density at radius 1 is 1.18 bits per heavy atom. The van der Waals surface area contributed by atoms with Crippen LogP contribution in [0.25, 0.3) is 0 Å². The number of amides is 1. The molecule has 1 amide bonds. The highest BCUT2D eigenvalue weighted by Gasteiger charge is 2.20. The van der Waals surface area contributed by atoms with Crippen molar-refractivity contribution in [1.29, 1.82) is 0 Å². The maximum Gasteiger partial charge on any atom is 0.223 e. The summed E-state index contributed by atoms with van der Waals surface area (Å²) in [5.41, 5.74) is 0.757. The second kappa shape index (κ2) is 5.08. The standard InChI is InChI=1S/C13H14FNO2/c14-11-3-1-2-10(8-11)9-15-7-6-12(16)4-5-13(15)17/h1-3,8H,4-7,9H2. The maximum atomic E-state index is 13.0. The van der Waals surface area contributed by atoms with Gasteiger partial charge in [-0.3, -0.25) is 9.59 Å². The molecule has 1 saturated heterocycles. The van der Waals surface area contributed by atoms with Gasteiger partial charge in [0.2, 0.25) is 5.91 Å². The molecule has 0 radical (unpaired) electrons. The minimum absolute atomic E-state index is 0.0277. The monoisotopic (exact) mass is 235 g/mol. The van der Waals surface area contributed by atoms with E-state index in [-0.39, 0.29) is 23.9 Å². The van der Waals surface area contributed by atoms with E-state index < -0.39 is 0 Å². The number of likely N-dealkylation sites (tertiary alicyclic amines) is 1. The van der Waals surface area contributed by atoms with Crippen molar-refractivity contribution in [1.82, 2.24) is 4.90 Å². The average molecular weight is 235 g/mol. The molecule has 17 heavy (non-hydrogen) atoms. The fraction of sp³-hybridized carbons (Fsp3) is 0.385. The van der Waals surface area contributed by atoms with Crippen molar-refractivity contribution >= 4 is 11.7 Å². The number of ketones is 1. The Morgan fingerprint density at radius 2 is 2.00 bits per heavy atom. The first kappa shape index (κ1) is 11.8. The molecule has 4 heteroatoms. The zero-order valence-corrected chi connectivity index (χ0v) is 9.49. The van der Waals surface area contributed by atoms with E-state index in [1.807, 2.05) is 0 Å². The normalized spacial score (nSPS) is 17.1. The maximum absolute atomic E-state index is 13.0. The van der Waals surface area contributed by atoms with E-state index >= 15 is 0 Å². The van der Waals surface area contributed by atoms with E-state index in [0.717, 1.165) is 5.56 Å². The zero-order valence-electron chi connectivity index (χ0n) is 9.49. The number of hydrogen-bond donors (Lipinski definition) is 0. The predicted octanol–water partition coefficient (Wildman–Crippen LogP) is 1.91. The van der Waals surface area contributed by atoms with Crippen LogP contribution in [0.2, 0.25) is 0 Å². The first-order valence-corrected chi connectivity index (χ1v) is 5.69. The van der Waals surface area contributed by atoms with Crippen molar-refractivity contribution in [3.8, 4) is 0 Å². The number of halogens is 1. The second-order valence-electron chi connectivity index (χ2n) is 4.23. The van der Waals surface area contributed by atoms with Gasteiger partial charge in [0, 0.05) is 32.4 Å². The summed E-state index contributed by atoms with van der Waals surface area (Å²) in [4.78, 5) is 24.6. The minimum Gasteiger partial charge on any atom is -0.338 e. The summed E-state index contributed by atoms with van der Waals surface area (Å²) in [5, 5.41) is 0. The number of carbonyl (C=O) groups is 2. The van der Waals surface area contributed by atoms with Crippen LogP contribution in [0.5, 0.6) is 0 Å².